The van der Waals surface area contributed by atoms with Crippen molar-refractivity contribution in [3.63, 3.8) is 0 Å². The number of hydrogen-bond acceptors (Lipinski definition) is 1. The van der Waals surface area contributed by atoms with Gasteiger partial charge in [-0.05, 0) is 61.4 Å². The van der Waals surface area contributed by atoms with Gasteiger partial charge in [0.05, 0.1) is 5.69 Å². The Hall–Kier alpha value is -1.16. The Bertz CT molecular complexity index is 477. The largest absolute Gasteiger partial charge is 0.362 e. The van der Waals surface area contributed by atoms with Crippen molar-refractivity contribution in [2.75, 3.05) is 11.9 Å². The number of anilines is 1. The van der Waals surface area contributed by atoms with Crippen molar-refractivity contribution in [3.05, 3.63) is 30.1 Å². The Kier molecular flexibility index (Phi) is 3.69. The maximum atomic E-state index is 13.5. The highest BCUT2D eigenvalue weighted by molar-refractivity contribution is 7.80. The zero-order valence-corrected chi connectivity index (χ0v) is 11.7. The number of halogens is 1. The van der Waals surface area contributed by atoms with Gasteiger partial charge in [-0.3, -0.25) is 0 Å². The lowest BCUT2D eigenvalue weighted by Crippen LogP contribution is -2.34. The van der Waals surface area contributed by atoms with E-state index >= 15 is 0 Å². The second-order valence-corrected chi connectivity index (χ2v) is 6.16. The number of hydrogen-bond donors (Lipinski definition) is 2. The molecule has 3 rings (SSSR count). The first-order chi connectivity index (χ1) is 9.22. The van der Waals surface area contributed by atoms with Crippen LogP contribution < -0.4 is 10.6 Å². The van der Waals surface area contributed by atoms with Gasteiger partial charge < -0.3 is 10.6 Å². The Morgan fingerprint density at radius 1 is 1.26 bits per heavy atom. The summed E-state index contributed by atoms with van der Waals surface area (Å²) in [4.78, 5) is 0. The van der Waals surface area contributed by atoms with E-state index in [0.717, 1.165) is 24.3 Å². The molecule has 0 radical (unpaired) electrons. The SMILES string of the molecule is Fc1ccccc1NC(=S)NC[C@@H]1C[C@@H]2CC[C@@H]1C2. The minimum absolute atomic E-state index is 0.272. The number of thiocarbonyl (C=S) groups is 1. The van der Waals surface area contributed by atoms with Crippen LogP contribution in [0.5, 0.6) is 0 Å². The molecule has 19 heavy (non-hydrogen) atoms. The van der Waals surface area contributed by atoms with Gasteiger partial charge in [-0.2, -0.15) is 0 Å². The summed E-state index contributed by atoms with van der Waals surface area (Å²) in [6, 6.07) is 6.60. The Morgan fingerprint density at radius 3 is 2.79 bits per heavy atom. The molecule has 0 aromatic heterocycles. The lowest BCUT2D eigenvalue weighted by molar-refractivity contribution is 0.332. The van der Waals surface area contributed by atoms with Crippen LogP contribution in [0.15, 0.2) is 24.3 Å². The molecule has 0 aliphatic heterocycles. The van der Waals surface area contributed by atoms with Crippen molar-refractivity contribution in [1.29, 1.82) is 0 Å². The Labute approximate surface area is 118 Å². The van der Waals surface area contributed by atoms with E-state index in [1.807, 2.05) is 0 Å². The summed E-state index contributed by atoms with van der Waals surface area (Å²) >= 11 is 5.23. The van der Waals surface area contributed by atoms with E-state index in [0.29, 0.717) is 10.8 Å². The maximum Gasteiger partial charge on any atom is 0.170 e. The van der Waals surface area contributed by atoms with E-state index < -0.39 is 0 Å². The van der Waals surface area contributed by atoms with E-state index in [9.17, 15) is 4.39 Å². The molecule has 2 fully saturated rings. The van der Waals surface area contributed by atoms with Crippen molar-refractivity contribution in [2.24, 2.45) is 17.8 Å². The van der Waals surface area contributed by atoms with Crippen LogP contribution in [0.4, 0.5) is 10.1 Å². The van der Waals surface area contributed by atoms with Crippen molar-refractivity contribution < 1.29 is 4.39 Å². The van der Waals surface area contributed by atoms with E-state index in [1.54, 1.807) is 18.2 Å². The number of rotatable bonds is 3. The highest BCUT2D eigenvalue weighted by Gasteiger charge is 2.39. The molecule has 0 saturated heterocycles. The molecule has 4 heteroatoms. The summed E-state index contributed by atoms with van der Waals surface area (Å²) in [6.45, 7) is 0.918. The molecule has 2 N–H and O–H groups in total. The zero-order valence-electron chi connectivity index (χ0n) is 10.9. The smallest absolute Gasteiger partial charge is 0.170 e. The van der Waals surface area contributed by atoms with E-state index in [4.69, 9.17) is 12.2 Å². The van der Waals surface area contributed by atoms with Gasteiger partial charge in [0.25, 0.3) is 0 Å². The fourth-order valence-corrected chi connectivity index (χ4v) is 3.77. The van der Waals surface area contributed by atoms with Gasteiger partial charge in [0.1, 0.15) is 5.82 Å². The third-order valence-corrected chi connectivity index (χ3v) is 4.78. The van der Waals surface area contributed by atoms with Gasteiger partial charge in [0.15, 0.2) is 5.11 Å². The number of benzene rings is 1. The molecule has 102 valence electrons. The quantitative estimate of drug-likeness (QED) is 0.827. The molecule has 0 amide bonds. The van der Waals surface area contributed by atoms with Crippen LogP contribution in [-0.2, 0) is 0 Å². The van der Waals surface area contributed by atoms with Crippen LogP contribution in [0.25, 0.3) is 0 Å². The second-order valence-electron chi connectivity index (χ2n) is 5.75. The molecule has 2 bridgehead atoms. The van der Waals surface area contributed by atoms with Crippen LogP contribution >= 0.6 is 12.2 Å². The van der Waals surface area contributed by atoms with Crippen molar-refractivity contribution in [1.82, 2.24) is 5.32 Å². The fraction of sp³-hybridized carbons (Fsp3) is 0.533. The van der Waals surface area contributed by atoms with Gasteiger partial charge in [0, 0.05) is 6.54 Å². The van der Waals surface area contributed by atoms with Gasteiger partial charge in [-0.1, -0.05) is 18.6 Å². The number of para-hydroxylation sites is 1. The zero-order chi connectivity index (χ0) is 13.2. The summed E-state index contributed by atoms with van der Waals surface area (Å²) in [5.41, 5.74) is 0.438. The second kappa shape index (κ2) is 5.45. The molecule has 2 saturated carbocycles. The first-order valence-electron chi connectivity index (χ1n) is 7.02. The molecular formula is C15H19FN2S. The summed E-state index contributed by atoms with van der Waals surface area (Å²) in [5, 5.41) is 6.68. The summed E-state index contributed by atoms with van der Waals surface area (Å²) in [7, 11) is 0. The molecule has 1 aromatic carbocycles. The van der Waals surface area contributed by atoms with Crippen molar-refractivity contribution in [3.8, 4) is 0 Å². The molecule has 0 spiro atoms. The normalized spacial score (nSPS) is 28.4. The molecule has 1 aromatic rings. The minimum atomic E-state index is -0.272. The summed E-state index contributed by atoms with van der Waals surface area (Å²) in [5.74, 6) is 2.31. The third kappa shape index (κ3) is 2.89. The van der Waals surface area contributed by atoms with E-state index in [2.05, 4.69) is 10.6 Å². The average molecular weight is 278 g/mol. The summed E-state index contributed by atoms with van der Waals surface area (Å²) in [6.07, 6.45) is 5.53. The van der Waals surface area contributed by atoms with Crippen LogP contribution in [0, 0.1) is 23.6 Å². The van der Waals surface area contributed by atoms with Crippen molar-refractivity contribution in [2.45, 2.75) is 25.7 Å². The number of fused-ring (bicyclic) bond motifs is 2. The monoisotopic (exact) mass is 278 g/mol. The van der Waals surface area contributed by atoms with Gasteiger partial charge in [-0.25, -0.2) is 4.39 Å². The first-order valence-corrected chi connectivity index (χ1v) is 7.42. The molecular weight excluding hydrogens is 259 g/mol. The third-order valence-electron chi connectivity index (χ3n) is 4.53. The summed E-state index contributed by atoms with van der Waals surface area (Å²) < 4.78 is 13.5. The highest BCUT2D eigenvalue weighted by Crippen LogP contribution is 2.47. The average Bonchev–Trinajstić information content (AvgIpc) is 3.01. The molecule has 2 aliphatic rings. The molecule has 2 aliphatic carbocycles. The molecule has 0 heterocycles. The van der Waals surface area contributed by atoms with E-state index in [1.165, 1.54) is 31.7 Å². The molecule has 3 atom stereocenters. The predicted octanol–water partition coefficient (Wildman–Crippen LogP) is 3.55. The molecule has 0 unspecified atom stereocenters. The van der Waals surface area contributed by atoms with Crippen LogP contribution in [0.1, 0.15) is 25.7 Å². The predicted molar refractivity (Wildman–Crippen MR) is 79.6 cm³/mol. The van der Waals surface area contributed by atoms with Crippen molar-refractivity contribution >= 4 is 23.0 Å². The molecule has 2 nitrogen and oxygen atoms in total. The minimum Gasteiger partial charge on any atom is -0.362 e. The highest BCUT2D eigenvalue weighted by atomic mass is 32.1. The van der Waals surface area contributed by atoms with E-state index in [-0.39, 0.29) is 5.82 Å². The van der Waals surface area contributed by atoms with Crippen LogP contribution in [-0.4, -0.2) is 11.7 Å². The van der Waals surface area contributed by atoms with Gasteiger partial charge in [-0.15, -0.1) is 0 Å². The fourth-order valence-electron chi connectivity index (χ4n) is 3.58. The number of nitrogens with one attached hydrogen (secondary N) is 2. The lowest BCUT2D eigenvalue weighted by atomic mass is 9.89. The lowest BCUT2D eigenvalue weighted by Gasteiger charge is -2.22. The van der Waals surface area contributed by atoms with Crippen LogP contribution in [0.2, 0.25) is 0 Å². The van der Waals surface area contributed by atoms with Gasteiger partial charge >= 0.3 is 0 Å². The first kappa shape index (κ1) is 12.9. The van der Waals surface area contributed by atoms with Gasteiger partial charge in [0.2, 0.25) is 0 Å². The Balaban J connectivity index is 1.48. The maximum absolute atomic E-state index is 13.5. The standard InChI is InChI=1S/C15H19FN2S/c16-13-3-1-2-4-14(13)18-15(19)17-9-12-8-10-5-6-11(12)7-10/h1-4,10-12H,5-9H2,(H2,17,18,19)/t10-,11-,12+/m1/s1. The topological polar surface area (TPSA) is 24.1 Å². The Morgan fingerprint density at radius 2 is 2.11 bits per heavy atom. The van der Waals surface area contributed by atoms with Crippen LogP contribution in [0.3, 0.4) is 0 Å².